The first-order valence-electron chi connectivity index (χ1n) is 8.33. The Morgan fingerprint density at radius 3 is 2.77 bits per heavy atom. The first-order valence-corrected chi connectivity index (χ1v) is 8.33. The molecule has 132 valence electrons. The van der Waals surface area contributed by atoms with Gasteiger partial charge in [0.15, 0.2) is 17.3 Å². The minimum Gasteiger partial charge on any atom is -0.504 e. The molecule has 0 amide bonds. The molecule has 0 fully saturated rings. The lowest BCUT2D eigenvalue weighted by Gasteiger charge is -2.38. The second-order valence-corrected chi connectivity index (χ2v) is 7.57. The summed E-state index contributed by atoms with van der Waals surface area (Å²) >= 11 is 0. The van der Waals surface area contributed by atoms with Crippen molar-refractivity contribution >= 4 is 11.6 Å². The zero-order valence-corrected chi connectivity index (χ0v) is 14.4. The Hall–Kier alpha value is -3.27. The van der Waals surface area contributed by atoms with Crippen molar-refractivity contribution in [3.63, 3.8) is 0 Å². The van der Waals surface area contributed by atoms with E-state index in [-0.39, 0.29) is 22.7 Å². The van der Waals surface area contributed by atoms with Gasteiger partial charge in [-0.05, 0) is 29.5 Å². The number of nitrogens with one attached hydrogen (secondary N) is 1. The van der Waals surface area contributed by atoms with Gasteiger partial charge in [-0.15, -0.1) is 0 Å². The first kappa shape index (κ1) is 16.2. The van der Waals surface area contributed by atoms with Crippen molar-refractivity contribution in [2.75, 3.05) is 5.32 Å². The van der Waals surface area contributed by atoms with Crippen molar-refractivity contribution in [3.05, 3.63) is 46.8 Å². The van der Waals surface area contributed by atoms with E-state index in [1.807, 2.05) is 13.8 Å². The summed E-state index contributed by atoms with van der Waals surface area (Å²) in [5, 5.41) is 36.5. The molecule has 0 unspecified atom stereocenters. The van der Waals surface area contributed by atoms with E-state index in [2.05, 4.69) is 16.5 Å². The van der Waals surface area contributed by atoms with Gasteiger partial charge in [0.25, 0.3) is 0 Å². The van der Waals surface area contributed by atoms with Crippen LogP contribution in [-0.4, -0.2) is 25.8 Å². The lowest BCUT2D eigenvalue weighted by molar-refractivity contribution is -0.118. The van der Waals surface area contributed by atoms with E-state index in [0.29, 0.717) is 35.4 Å². The monoisotopic (exact) mass is 350 g/mol. The van der Waals surface area contributed by atoms with E-state index in [4.69, 9.17) is 0 Å². The molecule has 1 aliphatic carbocycles. The van der Waals surface area contributed by atoms with Crippen molar-refractivity contribution in [2.24, 2.45) is 5.41 Å². The van der Waals surface area contributed by atoms with Crippen LogP contribution in [0.4, 0.5) is 5.82 Å². The standard InChI is InChI=1S/C19H18N4O3/c1-19(2)6-12-16(15(26)7-19)17(10-3-4-13(24)14(25)5-10)23-18(22-12)11(8-20)9-21-23/h3-5,9,17,22,24-25H,6-7H2,1-2H3/t17-/m1/s1. The summed E-state index contributed by atoms with van der Waals surface area (Å²) in [5.74, 6) is 0.0580. The van der Waals surface area contributed by atoms with Crippen LogP contribution in [0.3, 0.4) is 0 Å². The molecule has 0 spiro atoms. The summed E-state index contributed by atoms with van der Waals surface area (Å²) in [6.45, 7) is 4.07. The predicted octanol–water partition coefficient (Wildman–Crippen LogP) is 2.82. The second kappa shape index (κ2) is 5.36. The van der Waals surface area contributed by atoms with Gasteiger partial charge in [0.1, 0.15) is 23.5 Å². The number of anilines is 1. The molecule has 0 radical (unpaired) electrons. The fourth-order valence-corrected chi connectivity index (χ4v) is 3.81. The molecule has 7 nitrogen and oxygen atoms in total. The quantitative estimate of drug-likeness (QED) is 0.682. The fraction of sp³-hybridized carbons (Fsp3) is 0.316. The number of nitrogens with zero attached hydrogens (tertiary/aromatic N) is 3. The number of aromatic hydroxyl groups is 2. The average molecular weight is 350 g/mol. The third-order valence-corrected chi connectivity index (χ3v) is 4.94. The number of phenolic OH excluding ortho intramolecular Hbond substituents is 2. The van der Waals surface area contributed by atoms with Crippen LogP contribution in [0.2, 0.25) is 0 Å². The maximum atomic E-state index is 13.0. The summed E-state index contributed by atoms with van der Waals surface area (Å²) < 4.78 is 1.60. The number of hydrogen-bond acceptors (Lipinski definition) is 6. The van der Waals surface area contributed by atoms with E-state index in [1.54, 1.807) is 10.7 Å². The summed E-state index contributed by atoms with van der Waals surface area (Å²) in [7, 11) is 0. The highest BCUT2D eigenvalue weighted by molar-refractivity contribution is 6.00. The van der Waals surface area contributed by atoms with Gasteiger partial charge >= 0.3 is 0 Å². The highest BCUT2D eigenvalue weighted by atomic mass is 16.3. The number of nitriles is 1. The molecular weight excluding hydrogens is 332 g/mol. The van der Waals surface area contributed by atoms with Crippen LogP contribution in [0.1, 0.15) is 43.9 Å². The molecule has 0 bridgehead atoms. The van der Waals surface area contributed by atoms with Crippen LogP contribution in [0.25, 0.3) is 0 Å². The van der Waals surface area contributed by atoms with Crippen LogP contribution in [0.15, 0.2) is 35.7 Å². The molecule has 26 heavy (non-hydrogen) atoms. The van der Waals surface area contributed by atoms with Crippen LogP contribution < -0.4 is 5.32 Å². The van der Waals surface area contributed by atoms with Crippen molar-refractivity contribution in [1.82, 2.24) is 9.78 Å². The Kier molecular flexibility index (Phi) is 3.34. The molecule has 3 N–H and O–H groups in total. The number of rotatable bonds is 1. The Morgan fingerprint density at radius 2 is 2.08 bits per heavy atom. The van der Waals surface area contributed by atoms with Gasteiger partial charge < -0.3 is 15.5 Å². The number of Topliss-reactive ketones (excluding diaryl/α,β-unsaturated/α-hetero) is 1. The maximum Gasteiger partial charge on any atom is 0.163 e. The lowest BCUT2D eigenvalue weighted by Crippen LogP contribution is -2.36. The topological polar surface area (TPSA) is 111 Å². The number of allylic oxidation sites excluding steroid dienone is 2. The van der Waals surface area contributed by atoms with Crippen LogP contribution in [0.5, 0.6) is 11.5 Å². The largest absolute Gasteiger partial charge is 0.504 e. The number of benzene rings is 1. The molecule has 1 aromatic heterocycles. The Labute approximate surface area is 150 Å². The number of phenols is 2. The minimum absolute atomic E-state index is 0.0148. The van der Waals surface area contributed by atoms with E-state index < -0.39 is 6.04 Å². The van der Waals surface area contributed by atoms with Crippen LogP contribution in [-0.2, 0) is 4.79 Å². The molecule has 2 aromatic rings. The molecule has 0 saturated heterocycles. The summed E-state index contributed by atoms with van der Waals surface area (Å²) in [6.07, 6.45) is 2.55. The van der Waals surface area contributed by atoms with E-state index >= 15 is 0 Å². The number of fused-ring (bicyclic) bond motifs is 1. The molecule has 1 aliphatic heterocycles. The van der Waals surface area contributed by atoms with Crippen molar-refractivity contribution in [1.29, 1.82) is 5.26 Å². The third kappa shape index (κ3) is 2.34. The van der Waals surface area contributed by atoms with E-state index in [9.17, 15) is 20.3 Å². The molecule has 1 atom stereocenters. The smallest absolute Gasteiger partial charge is 0.163 e. The van der Waals surface area contributed by atoms with Gasteiger partial charge in [-0.25, -0.2) is 4.68 Å². The van der Waals surface area contributed by atoms with Crippen LogP contribution >= 0.6 is 0 Å². The number of carbonyl (C=O) groups excluding carboxylic acids is 1. The summed E-state index contributed by atoms with van der Waals surface area (Å²) in [6, 6.07) is 6.03. The SMILES string of the molecule is CC1(C)CC(=O)C2=C(C1)Nc1c(C#N)cnn1[C@@H]2c1ccc(O)c(O)c1. The zero-order chi connectivity index (χ0) is 18.6. The van der Waals surface area contributed by atoms with Crippen molar-refractivity contribution in [3.8, 4) is 17.6 Å². The zero-order valence-electron chi connectivity index (χ0n) is 14.4. The Balaban J connectivity index is 1.95. The first-order chi connectivity index (χ1) is 12.3. The van der Waals surface area contributed by atoms with Gasteiger partial charge in [-0.2, -0.15) is 10.4 Å². The van der Waals surface area contributed by atoms with Crippen molar-refractivity contribution in [2.45, 2.75) is 32.7 Å². The fourth-order valence-electron chi connectivity index (χ4n) is 3.81. The average Bonchev–Trinajstić information content (AvgIpc) is 2.97. The molecular formula is C19H18N4O3. The van der Waals surface area contributed by atoms with Gasteiger partial charge in [-0.3, -0.25) is 4.79 Å². The molecule has 0 saturated carbocycles. The summed E-state index contributed by atoms with van der Waals surface area (Å²) in [5.41, 5.74) is 2.21. The van der Waals surface area contributed by atoms with E-state index in [1.165, 1.54) is 18.3 Å². The Bertz CT molecular complexity index is 1010. The third-order valence-electron chi connectivity index (χ3n) is 4.94. The number of hydrogen-bond donors (Lipinski definition) is 3. The number of ketones is 1. The predicted molar refractivity (Wildman–Crippen MR) is 93.5 cm³/mol. The normalized spacial score (nSPS) is 20.8. The number of aromatic nitrogens is 2. The maximum absolute atomic E-state index is 13.0. The van der Waals surface area contributed by atoms with Crippen LogP contribution in [0, 0.1) is 16.7 Å². The minimum atomic E-state index is -0.557. The molecule has 4 rings (SSSR count). The van der Waals surface area contributed by atoms with Crippen molar-refractivity contribution < 1.29 is 15.0 Å². The molecule has 7 heteroatoms. The molecule has 2 aliphatic rings. The number of carbonyl (C=O) groups is 1. The van der Waals surface area contributed by atoms with Gasteiger partial charge in [-0.1, -0.05) is 19.9 Å². The van der Waals surface area contributed by atoms with Gasteiger partial charge in [0, 0.05) is 17.7 Å². The second-order valence-electron chi connectivity index (χ2n) is 7.57. The Morgan fingerprint density at radius 1 is 1.31 bits per heavy atom. The van der Waals surface area contributed by atoms with E-state index in [0.717, 1.165) is 5.70 Å². The molecule has 1 aromatic carbocycles. The van der Waals surface area contributed by atoms with Gasteiger partial charge in [0.2, 0.25) is 0 Å². The summed E-state index contributed by atoms with van der Waals surface area (Å²) in [4.78, 5) is 13.0. The van der Waals surface area contributed by atoms with Gasteiger partial charge in [0.05, 0.1) is 6.20 Å². The molecule has 2 heterocycles. The highest BCUT2D eigenvalue weighted by Crippen LogP contribution is 2.46. The highest BCUT2D eigenvalue weighted by Gasteiger charge is 2.41. The lowest BCUT2D eigenvalue weighted by atomic mass is 9.73.